The number of carbonyl (C=O) groups excluding carboxylic acids is 5. The van der Waals surface area contributed by atoms with E-state index in [0.29, 0.717) is 12.0 Å². The van der Waals surface area contributed by atoms with Gasteiger partial charge in [-0.2, -0.15) is 0 Å². The zero-order valence-corrected chi connectivity index (χ0v) is 23.3. The lowest BCUT2D eigenvalue weighted by molar-refractivity contribution is -0.149. The second kappa shape index (κ2) is 15.6. The van der Waals surface area contributed by atoms with Crippen molar-refractivity contribution < 1.29 is 49.2 Å². The molecule has 0 spiro atoms. The Hall–Kier alpha value is -4.28. The van der Waals surface area contributed by atoms with E-state index in [1.165, 1.54) is 43.0 Å². The van der Waals surface area contributed by atoms with Crippen LogP contribution < -0.4 is 27.0 Å². The summed E-state index contributed by atoms with van der Waals surface area (Å²) in [5, 5.41) is 47.7. The van der Waals surface area contributed by atoms with Crippen molar-refractivity contribution in [2.45, 2.75) is 69.4 Å². The minimum Gasteiger partial charge on any atom is -0.508 e. The number of aliphatic hydroxyl groups is 2. The van der Waals surface area contributed by atoms with E-state index in [4.69, 9.17) is 5.73 Å². The lowest BCUT2D eigenvalue weighted by Gasteiger charge is -2.28. The van der Waals surface area contributed by atoms with E-state index in [-0.39, 0.29) is 25.1 Å². The van der Waals surface area contributed by atoms with Crippen LogP contribution in [0.15, 0.2) is 24.3 Å². The molecule has 42 heavy (non-hydrogen) atoms. The molecule has 16 nitrogen and oxygen atoms in total. The Labute approximate surface area is 241 Å². The maximum atomic E-state index is 13.3. The largest absolute Gasteiger partial charge is 0.508 e. The number of rotatable bonds is 14. The van der Waals surface area contributed by atoms with Gasteiger partial charge in [0.2, 0.25) is 29.5 Å². The van der Waals surface area contributed by atoms with Gasteiger partial charge in [0.1, 0.15) is 29.9 Å². The van der Waals surface area contributed by atoms with Crippen LogP contribution in [0.5, 0.6) is 5.75 Å². The number of phenols is 1. The SMILES string of the molecule is C[C@H](N)C(=O)N[C@@H](CO)C(=O)N[C@H](C(=O)NCC(=O)N[C@@H](Cc1ccc(O)cc1)C(=O)N1CCC[C@H]1C(=O)O)[C@@H](C)O. The van der Waals surface area contributed by atoms with Crippen LogP contribution in [0.3, 0.4) is 0 Å². The van der Waals surface area contributed by atoms with Gasteiger partial charge in [0, 0.05) is 13.0 Å². The van der Waals surface area contributed by atoms with Crippen LogP contribution in [-0.4, -0.2) is 117 Å². The molecule has 16 heteroatoms. The third kappa shape index (κ3) is 9.67. The van der Waals surface area contributed by atoms with Gasteiger partial charge < -0.3 is 52.3 Å². The zero-order chi connectivity index (χ0) is 31.6. The molecule has 1 aliphatic rings. The number of benzene rings is 1. The number of aliphatic hydroxyl groups excluding tert-OH is 2. The van der Waals surface area contributed by atoms with Gasteiger partial charge in [-0.1, -0.05) is 12.1 Å². The predicted molar refractivity (Wildman–Crippen MR) is 145 cm³/mol. The smallest absolute Gasteiger partial charge is 0.326 e. The van der Waals surface area contributed by atoms with E-state index < -0.39 is 85.0 Å². The summed E-state index contributed by atoms with van der Waals surface area (Å²) in [7, 11) is 0. The van der Waals surface area contributed by atoms with Crippen LogP contribution in [0.1, 0.15) is 32.3 Å². The first-order valence-corrected chi connectivity index (χ1v) is 13.3. The monoisotopic (exact) mass is 594 g/mol. The van der Waals surface area contributed by atoms with Crippen molar-refractivity contribution in [1.82, 2.24) is 26.2 Å². The van der Waals surface area contributed by atoms with Gasteiger partial charge in [-0.05, 0) is 44.4 Å². The number of amides is 5. The van der Waals surface area contributed by atoms with Crippen LogP contribution in [-0.2, 0) is 35.2 Å². The average molecular weight is 595 g/mol. The summed E-state index contributed by atoms with van der Waals surface area (Å²) in [6.45, 7) is 1.24. The zero-order valence-electron chi connectivity index (χ0n) is 23.3. The Bertz CT molecular complexity index is 1140. The molecule has 2 rings (SSSR count). The lowest BCUT2D eigenvalue weighted by Crippen LogP contribution is -2.60. The third-order valence-corrected chi connectivity index (χ3v) is 6.55. The van der Waals surface area contributed by atoms with E-state index in [9.17, 15) is 49.2 Å². The number of aliphatic carboxylic acids is 1. The average Bonchev–Trinajstić information content (AvgIpc) is 3.43. The summed E-state index contributed by atoms with van der Waals surface area (Å²) in [5.41, 5.74) is 6.00. The number of likely N-dealkylation sites (tertiary alicyclic amines) is 1. The molecule has 1 aliphatic heterocycles. The molecule has 6 atom stereocenters. The second-order valence-corrected chi connectivity index (χ2v) is 10.00. The Morgan fingerprint density at radius 1 is 0.976 bits per heavy atom. The Morgan fingerprint density at radius 2 is 1.62 bits per heavy atom. The number of nitrogens with zero attached hydrogens (tertiary/aromatic N) is 1. The molecule has 1 saturated heterocycles. The molecule has 0 unspecified atom stereocenters. The first-order chi connectivity index (χ1) is 19.7. The molecule has 0 saturated carbocycles. The molecule has 1 aromatic rings. The molecule has 0 radical (unpaired) electrons. The van der Waals surface area contributed by atoms with Crippen LogP contribution in [0.4, 0.5) is 0 Å². The molecular weight excluding hydrogens is 556 g/mol. The quantitative estimate of drug-likeness (QED) is 0.101. The van der Waals surface area contributed by atoms with Gasteiger partial charge >= 0.3 is 5.97 Å². The molecule has 1 heterocycles. The summed E-state index contributed by atoms with van der Waals surface area (Å²) in [6.07, 6.45) is -0.761. The molecule has 5 amide bonds. The Balaban J connectivity index is 2.08. The molecular formula is C26H38N6O10. The van der Waals surface area contributed by atoms with Crippen molar-refractivity contribution in [1.29, 1.82) is 0 Å². The second-order valence-electron chi connectivity index (χ2n) is 10.00. The van der Waals surface area contributed by atoms with Crippen LogP contribution in [0.2, 0.25) is 0 Å². The number of nitrogens with two attached hydrogens (primary N) is 1. The summed E-state index contributed by atoms with van der Waals surface area (Å²) >= 11 is 0. The van der Waals surface area contributed by atoms with Crippen molar-refractivity contribution in [3.05, 3.63) is 29.8 Å². The third-order valence-electron chi connectivity index (χ3n) is 6.55. The molecule has 232 valence electrons. The normalized spacial score (nSPS) is 18.1. The highest BCUT2D eigenvalue weighted by atomic mass is 16.4. The van der Waals surface area contributed by atoms with Gasteiger partial charge in [-0.3, -0.25) is 24.0 Å². The predicted octanol–water partition coefficient (Wildman–Crippen LogP) is -3.70. The first-order valence-electron chi connectivity index (χ1n) is 13.3. The van der Waals surface area contributed by atoms with Crippen LogP contribution >= 0.6 is 0 Å². The minimum absolute atomic E-state index is 0.0137. The molecule has 1 aromatic carbocycles. The minimum atomic E-state index is -1.58. The van der Waals surface area contributed by atoms with Crippen LogP contribution in [0.25, 0.3) is 0 Å². The van der Waals surface area contributed by atoms with Crippen LogP contribution in [0, 0.1) is 0 Å². The number of hydrogen-bond acceptors (Lipinski definition) is 10. The molecule has 0 aliphatic carbocycles. The van der Waals surface area contributed by atoms with Crippen molar-refractivity contribution in [2.24, 2.45) is 5.73 Å². The number of hydrogen-bond donors (Lipinski definition) is 9. The van der Waals surface area contributed by atoms with E-state index in [1.54, 1.807) is 0 Å². The van der Waals surface area contributed by atoms with Gasteiger partial charge in [0.25, 0.3) is 0 Å². The fraction of sp³-hybridized carbons (Fsp3) is 0.538. The van der Waals surface area contributed by atoms with Gasteiger partial charge in [0.15, 0.2) is 0 Å². The van der Waals surface area contributed by atoms with Crippen molar-refractivity contribution in [3.8, 4) is 5.75 Å². The lowest BCUT2D eigenvalue weighted by atomic mass is 10.0. The van der Waals surface area contributed by atoms with E-state index in [0.717, 1.165) is 0 Å². The number of carboxylic acids is 1. The van der Waals surface area contributed by atoms with Crippen molar-refractivity contribution >= 4 is 35.5 Å². The van der Waals surface area contributed by atoms with Gasteiger partial charge in [-0.15, -0.1) is 0 Å². The Kier molecular flexibility index (Phi) is 12.6. The molecule has 10 N–H and O–H groups in total. The highest BCUT2D eigenvalue weighted by Crippen LogP contribution is 2.20. The van der Waals surface area contributed by atoms with Crippen molar-refractivity contribution in [2.75, 3.05) is 19.7 Å². The summed E-state index contributed by atoms with van der Waals surface area (Å²) in [6, 6.07) is -0.424. The van der Waals surface area contributed by atoms with E-state index in [2.05, 4.69) is 21.3 Å². The summed E-state index contributed by atoms with van der Waals surface area (Å²) in [5.74, 6) is -5.34. The molecule has 0 aromatic heterocycles. The molecule has 1 fully saturated rings. The summed E-state index contributed by atoms with van der Waals surface area (Å²) in [4.78, 5) is 75.9. The summed E-state index contributed by atoms with van der Waals surface area (Å²) < 4.78 is 0. The number of aromatic hydroxyl groups is 1. The fourth-order valence-electron chi connectivity index (χ4n) is 4.23. The number of carboxylic acid groups (broad SMARTS) is 1. The number of phenolic OH excluding ortho intramolecular Hbond substituents is 1. The first kappa shape index (κ1) is 33.9. The maximum Gasteiger partial charge on any atom is 0.326 e. The maximum absolute atomic E-state index is 13.3. The van der Waals surface area contributed by atoms with Gasteiger partial charge in [-0.25, -0.2) is 4.79 Å². The molecule has 0 bridgehead atoms. The van der Waals surface area contributed by atoms with E-state index >= 15 is 0 Å². The standard InChI is InChI=1S/C26H38N6O10/c1-13(27)22(37)30-18(12-33)23(38)31-21(14(2)34)24(39)28-11-20(36)29-17(10-15-5-7-16(35)8-6-15)25(40)32-9-3-4-19(32)26(41)42/h5-8,13-14,17-19,21,33-35H,3-4,9-12,27H2,1-2H3,(H,28,39)(H,29,36)(H,30,37)(H,31,38)(H,41,42)/t13-,14+,17-,18-,19-,21-/m0/s1. The van der Waals surface area contributed by atoms with Gasteiger partial charge in [0.05, 0.1) is 25.3 Å². The highest BCUT2D eigenvalue weighted by molar-refractivity contribution is 5.95. The number of carbonyl (C=O) groups is 6. The van der Waals surface area contributed by atoms with E-state index in [1.807, 2.05) is 0 Å². The topological polar surface area (TPSA) is 261 Å². The fourth-order valence-corrected chi connectivity index (χ4v) is 4.23. The highest BCUT2D eigenvalue weighted by Gasteiger charge is 2.38. The Morgan fingerprint density at radius 3 is 2.17 bits per heavy atom. The van der Waals surface area contributed by atoms with Crippen molar-refractivity contribution in [3.63, 3.8) is 0 Å². The number of nitrogens with one attached hydrogen (secondary N) is 4.